The minimum atomic E-state index is -0.913. The van der Waals surface area contributed by atoms with Crippen LogP contribution in [-0.2, 0) is 9.53 Å². The molecule has 88 valence electrons. The van der Waals surface area contributed by atoms with Crippen LogP contribution in [0.1, 0.15) is 12.8 Å². The first-order valence-electron chi connectivity index (χ1n) is 4.99. The third-order valence-corrected chi connectivity index (χ3v) is 2.01. The van der Waals surface area contributed by atoms with Gasteiger partial charge in [-0.25, -0.2) is 14.8 Å². The van der Waals surface area contributed by atoms with Crippen molar-refractivity contribution in [2.75, 3.05) is 19.0 Å². The Bertz CT molecular complexity index is 318. The van der Waals surface area contributed by atoms with Gasteiger partial charge in [0.25, 0.3) is 0 Å². The minimum Gasteiger partial charge on any atom is -0.480 e. The largest absolute Gasteiger partial charge is 0.480 e. The SMILES string of the molecule is COCCCC(Nc1ncccn1)C(=O)O. The summed E-state index contributed by atoms with van der Waals surface area (Å²) >= 11 is 0. The van der Waals surface area contributed by atoms with Crippen molar-refractivity contribution in [3.8, 4) is 0 Å². The summed E-state index contributed by atoms with van der Waals surface area (Å²) in [5.74, 6) is -0.587. The lowest BCUT2D eigenvalue weighted by Gasteiger charge is -2.13. The first-order chi connectivity index (χ1) is 7.74. The van der Waals surface area contributed by atoms with Gasteiger partial charge in [0.15, 0.2) is 0 Å². The van der Waals surface area contributed by atoms with Gasteiger partial charge in [-0.15, -0.1) is 0 Å². The summed E-state index contributed by atoms with van der Waals surface area (Å²) in [5, 5.41) is 11.7. The number of aliphatic carboxylic acids is 1. The molecule has 16 heavy (non-hydrogen) atoms. The number of methoxy groups -OCH3 is 1. The number of nitrogens with zero attached hydrogens (tertiary/aromatic N) is 2. The van der Waals surface area contributed by atoms with E-state index in [0.717, 1.165) is 0 Å². The molecule has 6 nitrogen and oxygen atoms in total. The molecule has 0 saturated carbocycles. The zero-order valence-electron chi connectivity index (χ0n) is 9.09. The Hall–Kier alpha value is -1.69. The van der Waals surface area contributed by atoms with Gasteiger partial charge in [0.05, 0.1) is 0 Å². The molecule has 0 saturated heterocycles. The third-order valence-electron chi connectivity index (χ3n) is 2.01. The van der Waals surface area contributed by atoms with Crippen molar-refractivity contribution in [2.24, 2.45) is 0 Å². The van der Waals surface area contributed by atoms with Gasteiger partial charge in [-0.3, -0.25) is 0 Å². The fourth-order valence-corrected chi connectivity index (χ4v) is 1.22. The van der Waals surface area contributed by atoms with E-state index in [1.165, 1.54) is 0 Å². The van der Waals surface area contributed by atoms with Gasteiger partial charge in [0.1, 0.15) is 6.04 Å². The molecule has 0 aliphatic carbocycles. The highest BCUT2D eigenvalue weighted by atomic mass is 16.5. The Morgan fingerprint density at radius 2 is 2.25 bits per heavy atom. The molecule has 1 aromatic rings. The van der Waals surface area contributed by atoms with Gasteiger partial charge >= 0.3 is 5.97 Å². The summed E-state index contributed by atoms with van der Waals surface area (Å²) in [6, 6.07) is 0.990. The van der Waals surface area contributed by atoms with E-state index >= 15 is 0 Å². The molecule has 0 aromatic carbocycles. The number of hydrogen-bond acceptors (Lipinski definition) is 5. The summed E-state index contributed by atoms with van der Waals surface area (Å²) in [5.41, 5.74) is 0. The third kappa shape index (κ3) is 4.22. The van der Waals surface area contributed by atoms with Gasteiger partial charge in [0, 0.05) is 26.1 Å². The molecule has 0 aliphatic rings. The van der Waals surface area contributed by atoms with Gasteiger partial charge < -0.3 is 15.2 Å². The van der Waals surface area contributed by atoms with Crippen molar-refractivity contribution in [3.63, 3.8) is 0 Å². The van der Waals surface area contributed by atoms with E-state index in [-0.39, 0.29) is 0 Å². The van der Waals surface area contributed by atoms with Crippen LogP contribution >= 0.6 is 0 Å². The quantitative estimate of drug-likeness (QED) is 0.667. The molecule has 0 radical (unpaired) electrons. The highest BCUT2D eigenvalue weighted by Gasteiger charge is 2.17. The summed E-state index contributed by atoms with van der Waals surface area (Å²) in [6.07, 6.45) is 4.27. The lowest BCUT2D eigenvalue weighted by atomic mass is 10.1. The lowest BCUT2D eigenvalue weighted by Crippen LogP contribution is -2.30. The predicted octanol–water partition coefficient (Wildman–Crippen LogP) is 0.768. The standard InChI is InChI=1S/C10H15N3O3/c1-16-7-2-4-8(9(14)15)13-10-11-5-3-6-12-10/h3,5-6,8H,2,4,7H2,1H3,(H,14,15)(H,11,12,13). The molecule has 0 spiro atoms. The lowest BCUT2D eigenvalue weighted by molar-refractivity contribution is -0.138. The van der Waals surface area contributed by atoms with E-state index in [1.807, 2.05) is 0 Å². The van der Waals surface area contributed by atoms with Crippen LogP contribution in [0.25, 0.3) is 0 Å². The number of carboxylic acids is 1. The molecular formula is C10H15N3O3. The average molecular weight is 225 g/mol. The molecule has 2 N–H and O–H groups in total. The van der Waals surface area contributed by atoms with E-state index in [9.17, 15) is 4.79 Å². The maximum absolute atomic E-state index is 10.9. The van der Waals surface area contributed by atoms with Crippen molar-refractivity contribution in [2.45, 2.75) is 18.9 Å². The number of anilines is 1. The Balaban J connectivity index is 2.48. The summed E-state index contributed by atoms with van der Waals surface area (Å²) < 4.78 is 4.87. The Kier molecular flexibility index (Phi) is 5.21. The van der Waals surface area contributed by atoms with Crippen LogP contribution in [0.5, 0.6) is 0 Å². The van der Waals surface area contributed by atoms with Gasteiger partial charge in [-0.2, -0.15) is 0 Å². The Morgan fingerprint density at radius 1 is 1.56 bits per heavy atom. The van der Waals surface area contributed by atoms with Gasteiger partial charge in [0.2, 0.25) is 5.95 Å². The molecule has 1 unspecified atom stereocenters. The van der Waals surface area contributed by atoms with Crippen LogP contribution in [0.2, 0.25) is 0 Å². The molecule has 0 amide bonds. The second-order valence-corrected chi connectivity index (χ2v) is 3.24. The number of aromatic nitrogens is 2. The fraction of sp³-hybridized carbons (Fsp3) is 0.500. The average Bonchev–Trinajstić information content (AvgIpc) is 2.29. The number of carbonyl (C=O) groups is 1. The van der Waals surface area contributed by atoms with Crippen LogP contribution in [0.4, 0.5) is 5.95 Å². The van der Waals surface area contributed by atoms with Crippen LogP contribution in [-0.4, -0.2) is 40.8 Å². The molecule has 1 aromatic heterocycles. The first-order valence-corrected chi connectivity index (χ1v) is 4.99. The normalized spacial score (nSPS) is 12.1. The summed E-state index contributed by atoms with van der Waals surface area (Å²) in [7, 11) is 1.59. The van der Waals surface area contributed by atoms with Crippen molar-refractivity contribution < 1.29 is 14.6 Å². The number of hydrogen-bond donors (Lipinski definition) is 2. The van der Waals surface area contributed by atoms with Crippen LogP contribution in [0, 0.1) is 0 Å². The first kappa shape index (κ1) is 12.4. The summed E-state index contributed by atoms with van der Waals surface area (Å²) in [4.78, 5) is 18.8. The van der Waals surface area contributed by atoms with Gasteiger partial charge in [-0.1, -0.05) is 0 Å². The molecule has 1 heterocycles. The molecule has 0 fully saturated rings. The molecule has 6 heteroatoms. The monoisotopic (exact) mass is 225 g/mol. The number of nitrogens with one attached hydrogen (secondary N) is 1. The van der Waals surface area contributed by atoms with Crippen LogP contribution in [0.3, 0.4) is 0 Å². The van der Waals surface area contributed by atoms with Crippen LogP contribution < -0.4 is 5.32 Å². The minimum absolute atomic E-state index is 0.326. The van der Waals surface area contributed by atoms with Crippen molar-refractivity contribution in [3.05, 3.63) is 18.5 Å². The van der Waals surface area contributed by atoms with Crippen molar-refractivity contribution in [1.82, 2.24) is 9.97 Å². The van der Waals surface area contributed by atoms with Gasteiger partial charge in [-0.05, 0) is 18.9 Å². The molecule has 1 rings (SSSR count). The van der Waals surface area contributed by atoms with E-state index < -0.39 is 12.0 Å². The zero-order chi connectivity index (χ0) is 11.8. The maximum Gasteiger partial charge on any atom is 0.326 e. The Morgan fingerprint density at radius 3 is 2.81 bits per heavy atom. The Labute approximate surface area is 93.7 Å². The van der Waals surface area contributed by atoms with E-state index in [2.05, 4.69) is 15.3 Å². The second kappa shape index (κ2) is 6.73. The predicted molar refractivity (Wildman–Crippen MR) is 58.2 cm³/mol. The molecular weight excluding hydrogens is 210 g/mol. The summed E-state index contributed by atoms with van der Waals surface area (Å²) in [6.45, 7) is 0.543. The fourth-order valence-electron chi connectivity index (χ4n) is 1.22. The number of ether oxygens (including phenoxy) is 1. The highest BCUT2D eigenvalue weighted by Crippen LogP contribution is 2.05. The topological polar surface area (TPSA) is 84.3 Å². The van der Waals surface area contributed by atoms with Crippen molar-refractivity contribution >= 4 is 11.9 Å². The number of carboxylic acid groups (broad SMARTS) is 1. The molecule has 0 bridgehead atoms. The molecule has 0 aliphatic heterocycles. The van der Waals surface area contributed by atoms with E-state index in [4.69, 9.17) is 9.84 Å². The van der Waals surface area contributed by atoms with E-state index in [0.29, 0.717) is 25.4 Å². The van der Waals surface area contributed by atoms with E-state index in [1.54, 1.807) is 25.6 Å². The molecule has 1 atom stereocenters. The van der Waals surface area contributed by atoms with Crippen LogP contribution in [0.15, 0.2) is 18.5 Å². The highest BCUT2D eigenvalue weighted by molar-refractivity contribution is 5.76. The smallest absolute Gasteiger partial charge is 0.326 e. The maximum atomic E-state index is 10.9. The zero-order valence-corrected chi connectivity index (χ0v) is 9.09. The second-order valence-electron chi connectivity index (χ2n) is 3.24. The number of rotatable bonds is 7. The van der Waals surface area contributed by atoms with Crippen molar-refractivity contribution in [1.29, 1.82) is 0 Å².